The van der Waals surface area contributed by atoms with Gasteiger partial charge in [-0.25, -0.2) is 14.8 Å². The summed E-state index contributed by atoms with van der Waals surface area (Å²) in [6.07, 6.45) is 0. The van der Waals surface area contributed by atoms with Gasteiger partial charge in [-0.05, 0) is 49.7 Å². The van der Waals surface area contributed by atoms with E-state index in [0.717, 1.165) is 25.8 Å². The number of urea groups is 1. The molecule has 0 aliphatic rings. The second-order valence-corrected chi connectivity index (χ2v) is 9.74. The second kappa shape index (κ2) is 8.72. The number of hydrogen-bond acceptors (Lipinski definition) is 7. The summed E-state index contributed by atoms with van der Waals surface area (Å²) in [6.45, 7) is 3.75. The SMILES string of the molecule is Cc1cccc(NC(=O)Nc2ccc3nc(SCc4cc(=O)n5oc(C)cc5n4)sc3c2)c1. The summed E-state index contributed by atoms with van der Waals surface area (Å²) in [5.41, 5.74) is 4.27. The third-order valence-electron chi connectivity index (χ3n) is 4.77. The van der Waals surface area contributed by atoms with Crippen molar-refractivity contribution in [1.82, 2.24) is 14.5 Å². The fraction of sp³-hybridized carbons (Fsp3) is 0.130. The quantitative estimate of drug-likeness (QED) is 0.326. The predicted octanol–water partition coefficient (Wildman–Crippen LogP) is 5.45. The van der Waals surface area contributed by atoms with Gasteiger partial charge in [0.25, 0.3) is 5.56 Å². The molecule has 2 aromatic carbocycles. The molecule has 0 aliphatic heterocycles. The molecule has 0 saturated heterocycles. The van der Waals surface area contributed by atoms with Crippen LogP contribution in [0, 0.1) is 13.8 Å². The minimum Gasteiger partial charge on any atom is -0.375 e. The number of amides is 2. The molecule has 2 amide bonds. The van der Waals surface area contributed by atoms with Crippen LogP contribution in [0.2, 0.25) is 0 Å². The van der Waals surface area contributed by atoms with E-state index in [0.29, 0.717) is 28.5 Å². The first-order chi connectivity index (χ1) is 15.9. The van der Waals surface area contributed by atoms with Crippen molar-refractivity contribution in [1.29, 1.82) is 0 Å². The highest BCUT2D eigenvalue weighted by molar-refractivity contribution is 8.00. The lowest BCUT2D eigenvalue weighted by molar-refractivity contribution is 0.262. The van der Waals surface area contributed by atoms with Gasteiger partial charge in [0.2, 0.25) is 0 Å². The highest BCUT2D eigenvalue weighted by Crippen LogP contribution is 2.32. The van der Waals surface area contributed by atoms with Crippen molar-refractivity contribution in [3.05, 3.63) is 82.0 Å². The molecule has 0 radical (unpaired) electrons. The number of aromatic nitrogens is 3. The Morgan fingerprint density at radius 3 is 2.70 bits per heavy atom. The van der Waals surface area contributed by atoms with Gasteiger partial charge < -0.3 is 15.2 Å². The van der Waals surface area contributed by atoms with Crippen molar-refractivity contribution in [2.75, 3.05) is 10.6 Å². The number of hydrogen-bond donors (Lipinski definition) is 2. The van der Waals surface area contributed by atoms with Crippen LogP contribution in [0.1, 0.15) is 17.0 Å². The van der Waals surface area contributed by atoms with E-state index in [1.807, 2.05) is 49.4 Å². The van der Waals surface area contributed by atoms with E-state index in [2.05, 4.69) is 20.6 Å². The topological polar surface area (TPSA) is 102 Å². The molecular formula is C23H19N5O3S2. The van der Waals surface area contributed by atoms with E-state index < -0.39 is 0 Å². The van der Waals surface area contributed by atoms with Gasteiger partial charge in [-0.1, -0.05) is 23.9 Å². The zero-order chi connectivity index (χ0) is 22.9. The van der Waals surface area contributed by atoms with Crippen LogP contribution in [0.5, 0.6) is 0 Å². The van der Waals surface area contributed by atoms with Crippen LogP contribution in [-0.2, 0) is 5.75 Å². The Hall–Kier alpha value is -3.63. The smallest absolute Gasteiger partial charge is 0.323 e. The van der Waals surface area contributed by atoms with Gasteiger partial charge in [-0.2, -0.15) is 0 Å². The summed E-state index contributed by atoms with van der Waals surface area (Å²) in [7, 11) is 0. The summed E-state index contributed by atoms with van der Waals surface area (Å²) < 4.78 is 8.33. The molecule has 0 bridgehead atoms. The van der Waals surface area contributed by atoms with E-state index >= 15 is 0 Å². The van der Waals surface area contributed by atoms with Crippen LogP contribution >= 0.6 is 23.1 Å². The lowest BCUT2D eigenvalue weighted by Gasteiger charge is -2.08. The Bertz CT molecular complexity index is 1550. The van der Waals surface area contributed by atoms with Gasteiger partial charge in [-0.3, -0.25) is 4.79 Å². The number of carbonyl (C=O) groups is 1. The number of thioether (sulfide) groups is 1. The lowest BCUT2D eigenvalue weighted by Crippen LogP contribution is -2.19. The maximum Gasteiger partial charge on any atom is 0.323 e. The van der Waals surface area contributed by atoms with Gasteiger partial charge in [0.15, 0.2) is 9.99 Å². The van der Waals surface area contributed by atoms with E-state index in [4.69, 9.17) is 4.52 Å². The van der Waals surface area contributed by atoms with Crippen LogP contribution in [0.15, 0.2) is 68.3 Å². The first kappa shape index (κ1) is 21.2. The summed E-state index contributed by atoms with van der Waals surface area (Å²) in [6, 6.07) is 16.1. The van der Waals surface area contributed by atoms with Crippen LogP contribution < -0.4 is 16.2 Å². The van der Waals surface area contributed by atoms with Crippen LogP contribution in [0.3, 0.4) is 0 Å². The maximum atomic E-state index is 12.3. The van der Waals surface area contributed by atoms with E-state index in [9.17, 15) is 9.59 Å². The molecule has 2 N–H and O–H groups in total. The number of carbonyl (C=O) groups excluding carboxylic acids is 1. The minimum atomic E-state index is -0.304. The summed E-state index contributed by atoms with van der Waals surface area (Å²) >= 11 is 3.04. The second-order valence-electron chi connectivity index (χ2n) is 7.48. The van der Waals surface area contributed by atoms with Gasteiger partial charge >= 0.3 is 6.03 Å². The van der Waals surface area contributed by atoms with Gasteiger partial charge in [0.1, 0.15) is 5.76 Å². The zero-order valence-electron chi connectivity index (χ0n) is 17.8. The average Bonchev–Trinajstić information content (AvgIpc) is 3.34. The largest absolute Gasteiger partial charge is 0.375 e. The monoisotopic (exact) mass is 477 g/mol. The Morgan fingerprint density at radius 1 is 1.06 bits per heavy atom. The zero-order valence-corrected chi connectivity index (χ0v) is 19.4. The number of nitrogens with one attached hydrogen (secondary N) is 2. The number of thiazole rings is 1. The Labute approximate surface area is 196 Å². The molecule has 0 spiro atoms. The molecule has 166 valence electrons. The van der Waals surface area contributed by atoms with Crippen molar-refractivity contribution < 1.29 is 9.32 Å². The first-order valence-electron chi connectivity index (χ1n) is 10.1. The molecule has 33 heavy (non-hydrogen) atoms. The summed E-state index contributed by atoms with van der Waals surface area (Å²) in [5.74, 6) is 1.15. The molecule has 3 heterocycles. The average molecular weight is 478 g/mol. The third kappa shape index (κ3) is 4.76. The number of anilines is 2. The Morgan fingerprint density at radius 2 is 1.88 bits per heavy atom. The van der Waals surface area contributed by atoms with Gasteiger partial charge in [0.05, 0.1) is 15.9 Å². The van der Waals surface area contributed by atoms with Gasteiger partial charge in [-0.15, -0.1) is 15.9 Å². The molecule has 0 fully saturated rings. The van der Waals surface area contributed by atoms with Crippen molar-refractivity contribution >= 4 is 56.4 Å². The van der Waals surface area contributed by atoms with E-state index in [-0.39, 0.29) is 11.6 Å². The molecule has 3 aromatic heterocycles. The van der Waals surface area contributed by atoms with Crippen LogP contribution in [-0.4, -0.2) is 20.6 Å². The van der Waals surface area contributed by atoms with Crippen molar-refractivity contribution in [3.8, 4) is 0 Å². The lowest BCUT2D eigenvalue weighted by atomic mass is 10.2. The standard InChI is InChI=1S/C23H19N5O3S2/c1-13-4-3-5-15(8-13)25-22(30)26-16-6-7-18-19(10-16)33-23(27-18)32-12-17-11-21(29)28-20(24-17)9-14(2)31-28/h3-11H,12H2,1-2H3,(H2,25,26,30). The molecule has 0 unspecified atom stereocenters. The third-order valence-corrected chi connectivity index (χ3v) is 6.96. The highest BCUT2D eigenvalue weighted by atomic mass is 32.2. The number of aryl methyl sites for hydroxylation is 2. The molecule has 8 nitrogen and oxygen atoms in total. The number of nitrogens with zero attached hydrogens (tertiary/aromatic N) is 3. The van der Waals surface area contributed by atoms with E-state index in [1.54, 1.807) is 13.0 Å². The Balaban J connectivity index is 1.27. The first-order valence-corrected chi connectivity index (χ1v) is 11.9. The van der Waals surface area contributed by atoms with Crippen LogP contribution in [0.25, 0.3) is 15.9 Å². The molecular weight excluding hydrogens is 458 g/mol. The molecule has 5 aromatic rings. The maximum absolute atomic E-state index is 12.3. The summed E-state index contributed by atoms with van der Waals surface area (Å²) in [4.78, 5) is 33.6. The minimum absolute atomic E-state index is 0.243. The van der Waals surface area contributed by atoms with Gasteiger partial charge in [0, 0.05) is 29.3 Å². The molecule has 5 rings (SSSR count). The van der Waals surface area contributed by atoms with Crippen molar-refractivity contribution in [3.63, 3.8) is 0 Å². The summed E-state index contributed by atoms with van der Waals surface area (Å²) in [5, 5.41) is 5.69. The molecule has 0 aliphatic carbocycles. The molecule has 0 atom stereocenters. The fourth-order valence-corrected chi connectivity index (χ4v) is 5.34. The molecule has 10 heteroatoms. The predicted molar refractivity (Wildman–Crippen MR) is 131 cm³/mol. The van der Waals surface area contributed by atoms with Crippen LogP contribution in [0.4, 0.5) is 16.2 Å². The fourth-order valence-electron chi connectivity index (χ4n) is 3.34. The Kier molecular flexibility index (Phi) is 5.61. The number of benzene rings is 2. The normalized spacial score (nSPS) is 11.2. The van der Waals surface area contributed by atoms with E-state index in [1.165, 1.54) is 33.7 Å². The number of rotatable bonds is 5. The molecule has 0 saturated carbocycles. The van der Waals surface area contributed by atoms with Crippen molar-refractivity contribution in [2.45, 2.75) is 23.9 Å². The highest BCUT2D eigenvalue weighted by Gasteiger charge is 2.11. The van der Waals surface area contributed by atoms with Crippen molar-refractivity contribution in [2.24, 2.45) is 0 Å². The number of fused-ring (bicyclic) bond motifs is 2.